The minimum Gasteiger partial charge on any atom is -0.457 e. The Hall–Kier alpha value is -3.62. The Morgan fingerprint density at radius 2 is 0.778 bits per heavy atom. The molecule has 0 bridgehead atoms. The third-order valence-corrected chi connectivity index (χ3v) is 10.6. The van der Waals surface area contributed by atoms with E-state index in [0.717, 1.165) is 47.5 Å². The van der Waals surface area contributed by atoms with Gasteiger partial charge in [-0.3, -0.25) is 28.8 Å². The third-order valence-electron chi connectivity index (χ3n) is 10.6. The Bertz CT molecular complexity index is 1580. The molecule has 0 radical (unpaired) electrons. The van der Waals surface area contributed by atoms with Gasteiger partial charge in [0.25, 0.3) is 0 Å². The summed E-state index contributed by atoms with van der Waals surface area (Å²) in [5, 5.41) is 43.3. The summed E-state index contributed by atoms with van der Waals surface area (Å²) in [5.74, 6) is -5.10. The Morgan fingerprint density at radius 3 is 1.22 bits per heavy atom. The van der Waals surface area contributed by atoms with Crippen molar-refractivity contribution in [2.75, 3.05) is 0 Å². The summed E-state index contributed by atoms with van der Waals surface area (Å²) in [4.78, 5) is 75.8. The fourth-order valence-electron chi connectivity index (χ4n) is 7.76. The Kier molecular flexibility index (Phi) is 19.0. The quantitative estimate of drug-likeness (QED) is 0.0849. The standard InChI is InChI=1S/C40H62O23/c1-11-12-13-14-24(46)60-28-16(3)51-37(50)27(49)31(28)61-39-35(58-22(9)44)34(30(17(4)53-39)56-20(7)42)63-40-36(59-23(10)45)33(29(18(5)54-40)55-19(6)41)62-38-32(57-21(8)43)26(48)25(47)15(2)52-38/h15-18,25-40,47-50H,11-14H2,1-10H3/t15-,16-,17-,18-,25-,26+,27+,28-,29-,30-,31-,32+,33+,34+,35+,36+,37+,38-,39-,40-/m0/s1. The predicted molar refractivity (Wildman–Crippen MR) is 204 cm³/mol. The van der Waals surface area contributed by atoms with E-state index in [1.807, 2.05) is 6.92 Å². The molecule has 20 atom stereocenters. The van der Waals surface area contributed by atoms with Gasteiger partial charge in [0.2, 0.25) is 0 Å². The van der Waals surface area contributed by atoms with Gasteiger partial charge < -0.3 is 82.0 Å². The van der Waals surface area contributed by atoms with Crippen LogP contribution in [-0.4, -0.2) is 179 Å². The van der Waals surface area contributed by atoms with E-state index in [4.69, 9.17) is 61.6 Å². The largest absolute Gasteiger partial charge is 0.457 e. The molecular formula is C40H62O23. The first-order valence-electron chi connectivity index (χ1n) is 20.9. The highest BCUT2D eigenvalue weighted by Crippen LogP contribution is 2.38. The van der Waals surface area contributed by atoms with Gasteiger partial charge in [0, 0.05) is 41.0 Å². The molecule has 4 fully saturated rings. The maximum absolute atomic E-state index is 12.9. The molecule has 23 heteroatoms. The maximum Gasteiger partial charge on any atom is 0.306 e. The van der Waals surface area contributed by atoms with Crippen LogP contribution in [0.5, 0.6) is 0 Å². The van der Waals surface area contributed by atoms with Gasteiger partial charge in [-0.1, -0.05) is 19.8 Å². The lowest BCUT2D eigenvalue weighted by Crippen LogP contribution is -2.68. The summed E-state index contributed by atoms with van der Waals surface area (Å²) in [6.07, 6.45) is -29.0. The number of carbonyl (C=O) groups is 6. The second-order valence-electron chi connectivity index (χ2n) is 15.9. The number of hydrogen-bond acceptors (Lipinski definition) is 23. The highest BCUT2D eigenvalue weighted by atomic mass is 16.8. The molecular weight excluding hydrogens is 848 g/mol. The molecule has 0 saturated carbocycles. The van der Waals surface area contributed by atoms with Crippen molar-refractivity contribution in [1.29, 1.82) is 0 Å². The topological polar surface area (TPSA) is 303 Å². The molecule has 63 heavy (non-hydrogen) atoms. The highest BCUT2D eigenvalue weighted by Gasteiger charge is 2.59. The predicted octanol–water partition coefficient (Wildman–Crippen LogP) is -0.653. The third kappa shape index (κ3) is 13.5. The van der Waals surface area contributed by atoms with Crippen LogP contribution in [-0.2, 0) is 90.3 Å². The molecule has 4 rings (SSSR count). The normalized spacial score (nSPS) is 40.5. The van der Waals surface area contributed by atoms with Gasteiger partial charge >= 0.3 is 35.8 Å². The van der Waals surface area contributed by atoms with E-state index in [9.17, 15) is 49.2 Å². The smallest absolute Gasteiger partial charge is 0.306 e. The van der Waals surface area contributed by atoms with Crippen LogP contribution in [0.1, 0.15) is 94.9 Å². The molecule has 4 N–H and O–H groups in total. The second-order valence-corrected chi connectivity index (χ2v) is 15.9. The molecule has 0 aromatic rings. The lowest BCUT2D eigenvalue weighted by Gasteiger charge is -2.50. The van der Waals surface area contributed by atoms with Crippen LogP contribution in [0.25, 0.3) is 0 Å². The van der Waals surface area contributed by atoms with Crippen LogP contribution in [0, 0.1) is 0 Å². The first-order chi connectivity index (χ1) is 29.5. The molecule has 0 aromatic carbocycles. The van der Waals surface area contributed by atoms with Gasteiger partial charge in [0.1, 0.15) is 36.6 Å². The fourth-order valence-corrected chi connectivity index (χ4v) is 7.76. The molecule has 4 heterocycles. The van der Waals surface area contributed by atoms with Crippen molar-refractivity contribution in [1.82, 2.24) is 0 Å². The van der Waals surface area contributed by atoms with E-state index in [1.54, 1.807) is 0 Å². The zero-order valence-electron chi connectivity index (χ0n) is 36.9. The first kappa shape index (κ1) is 52.0. The number of unbranched alkanes of at least 4 members (excludes halogenated alkanes) is 2. The Morgan fingerprint density at radius 1 is 0.413 bits per heavy atom. The molecule has 0 unspecified atom stereocenters. The first-order valence-corrected chi connectivity index (χ1v) is 20.9. The Balaban J connectivity index is 1.79. The number of ether oxygens (including phenoxy) is 13. The summed E-state index contributed by atoms with van der Waals surface area (Å²) in [6.45, 7) is 13.0. The molecule has 0 aliphatic carbocycles. The minimum absolute atomic E-state index is 0.0284. The molecule has 0 spiro atoms. The van der Waals surface area contributed by atoms with Crippen LogP contribution >= 0.6 is 0 Å². The highest BCUT2D eigenvalue weighted by molar-refractivity contribution is 5.70. The number of aliphatic hydroxyl groups excluding tert-OH is 4. The van der Waals surface area contributed by atoms with Crippen molar-refractivity contribution in [2.24, 2.45) is 0 Å². The monoisotopic (exact) mass is 910 g/mol. The van der Waals surface area contributed by atoms with Gasteiger partial charge in [-0.2, -0.15) is 0 Å². The van der Waals surface area contributed by atoms with Crippen LogP contribution in [0.3, 0.4) is 0 Å². The van der Waals surface area contributed by atoms with E-state index in [-0.39, 0.29) is 6.42 Å². The van der Waals surface area contributed by atoms with Crippen molar-refractivity contribution in [3.8, 4) is 0 Å². The van der Waals surface area contributed by atoms with E-state index < -0.39 is 159 Å². The van der Waals surface area contributed by atoms with Gasteiger partial charge in [0.05, 0.1) is 24.4 Å². The van der Waals surface area contributed by atoms with Crippen molar-refractivity contribution in [3.05, 3.63) is 0 Å². The minimum atomic E-state index is -1.86. The molecule has 360 valence electrons. The van der Waals surface area contributed by atoms with Crippen LogP contribution < -0.4 is 0 Å². The number of esters is 6. The summed E-state index contributed by atoms with van der Waals surface area (Å²) in [7, 11) is 0. The van der Waals surface area contributed by atoms with E-state index in [1.165, 1.54) is 27.7 Å². The average Bonchev–Trinajstić information content (AvgIpc) is 3.17. The van der Waals surface area contributed by atoms with Gasteiger partial charge in [-0.05, 0) is 34.1 Å². The van der Waals surface area contributed by atoms with Crippen molar-refractivity contribution in [3.63, 3.8) is 0 Å². The zero-order valence-corrected chi connectivity index (χ0v) is 36.9. The molecule has 0 amide bonds. The number of carbonyl (C=O) groups excluding carboxylic acids is 6. The lowest BCUT2D eigenvalue weighted by atomic mass is 9.95. The van der Waals surface area contributed by atoms with E-state index >= 15 is 0 Å². The average molecular weight is 911 g/mol. The number of hydrogen-bond donors (Lipinski definition) is 4. The summed E-state index contributed by atoms with van der Waals surface area (Å²) < 4.78 is 76.2. The van der Waals surface area contributed by atoms with Crippen molar-refractivity contribution < 1.29 is 111 Å². The molecule has 4 aliphatic heterocycles. The molecule has 23 nitrogen and oxygen atoms in total. The van der Waals surface area contributed by atoms with Gasteiger partial charge in [-0.15, -0.1) is 0 Å². The van der Waals surface area contributed by atoms with Gasteiger partial charge in [-0.25, -0.2) is 0 Å². The lowest BCUT2D eigenvalue weighted by molar-refractivity contribution is -0.385. The van der Waals surface area contributed by atoms with Crippen LogP contribution in [0.15, 0.2) is 0 Å². The zero-order chi connectivity index (χ0) is 47.0. The number of rotatable bonds is 16. The fraction of sp³-hybridized carbons (Fsp3) is 0.850. The summed E-state index contributed by atoms with van der Waals surface area (Å²) in [6, 6.07) is 0. The van der Waals surface area contributed by atoms with Crippen LogP contribution in [0.2, 0.25) is 0 Å². The van der Waals surface area contributed by atoms with Crippen LogP contribution in [0.4, 0.5) is 0 Å². The molecule has 4 aliphatic rings. The number of aliphatic hydroxyl groups is 4. The van der Waals surface area contributed by atoms with Crippen molar-refractivity contribution in [2.45, 2.75) is 218 Å². The van der Waals surface area contributed by atoms with E-state index in [2.05, 4.69) is 0 Å². The molecule has 4 saturated heterocycles. The van der Waals surface area contributed by atoms with E-state index in [0.29, 0.717) is 6.42 Å². The Labute approximate surface area is 364 Å². The van der Waals surface area contributed by atoms with Gasteiger partial charge in [0.15, 0.2) is 61.8 Å². The second kappa shape index (κ2) is 23.0. The van der Waals surface area contributed by atoms with Crippen molar-refractivity contribution >= 4 is 35.8 Å². The molecule has 0 aromatic heterocycles. The SMILES string of the molecule is CCCCCC(=O)O[C@@H]1[C@@H](O[C@@H]2O[C@@H](C)[C@H](OC(C)=O)[C@@H](O[C@@H]3O[C@@H](C)[C@H](OC(C)=O)[C@@H](O[C@@H]4O[C@@H](C)[C@H](O)[C@@H](O)[C@H]4OC(C)=O)[C@H]3OC(C)=O)[C@H]2OC(C)=O)[C@@H](O)[C@H](O)O[C@H]1C. The maximum atomic E-state index is 12.9. The summed E-state index contributed by atoms with van der Waals surface area (Å²) in [5.41, 5.74) is 0. The summed E-state index contributed by atoms with van der Waals surface area (Å²) >= 11 is 0.